The van der Waals surface area contributed by atoms with E-state index in [9.17, 15) is 9.59 Å². The third-order valence-electron chi connectivity index (χ3n) is 3.90. The van der Waals surface area contributed by atoms with Crippen LogP contribution >= 0.6 is 11.8 Å². The van der Waals surface area contributed by atoms with E-state index in [1.807, 2.05) is 49.3 Å². The summed E-state index contributed by atoms with van der Waals surface area (Å²) in [6, 6.07) is 11.1. The maximum Gasteiger partial charge on any atom is 0.293 e. The lowest BCUT2D eigenvalue weighted by molar-refractivity contribution is -0.122. The highest BCUT2D eigenvalue weighted by Gasteiger charge is 2.34. The van der Waals surface area contributed by atoms with E-state index in [4.69, 9.17) is 9.15 Å². The molecule has 0 atom stereocenters. The summed E-state index contributed by atoms with van der Waals surface area (Å²) in [7, 11) is 5.41. The first kappa shape index (κ1) is 18.3. The molecule has 7 heteroatoms. The first-order valence-electron chi connectivity index (χ1n) is 8.12. The van der Waals surface area contributed by atoms with Crippen molar-refractivity contribution in [1.82, 2.24) is 9.80 Å². The molecule has 1 aliphatic rings. The number of carbonyl (C=O) groups excluding carboxylic acids is 2. The Bertz CT molecular complexity index is 857. The molecule has 1 aromatic heterocycles. The zero-order valence-corrected chi connectivity index (χ0v) is 15.7. The fourth-order valence-electron chi connectivity index (χ4n) is 2.48. The number of ether oxygens (including phenoxy) is 1. The maximum absolute atomic E-state index is 12.4. The van der Waals surface area contributed by atoms with Crippen molar-refractivity contribution in [1.29, 1.82) is 0 Å². The number of imide groups is 1. The molecule has 0 bridgehead atoms. The minimum atomic E-state index is -0.277. The normalized spacial score (nSPS) is 16.2. The number of amides is 2. The Balaban J connectivity index is 1.77. The zero-order chi connectivity index (χ0) is 18.7. The molecule has 136 valence electrons. The smallest absolute Gasteiger partial charge is 0.293 e. The van der Waals surface area contributed by atoms with Gasteiger partial charge in [0.15, 0.2) is 0 Å². The third kappa shape index (κ3) is 4.00. The molecule has 1 aliphatic heterocycles. The van der Waals surface area contributed by atoms with Crippen LogP contribution in [0.3, 0.4) is 0 Å². The van der Waals surface area contributed by atoms with Gasteiger partial charge >= 0.3 is 0 Å². The van der Waals surface area contributed by atoms with Gasteiger partial charge in [-0.3, -0.25) is 14.5 Å². The van der Waals surface area contributed by atoms with Gasteiger partial charge < -0.3 is 14.1 Å². The van der Waals surface area contributed by atoms with Crippen molar-refractivity contribution >= 4 is 29.0 Å². The Labute approximate surface area is 156 Å². The van der Waals surface area contributed by atoms with Crippen molar-refractivity contribution in [2.24, 2.45) is 0 Å². The zero-order valence-electron chi connectivity index (χ0n) is 14.9. The van der Waals surface area contributed by atoms with E-state index in [0.29, 0.717) is 29.5 Å². The van der Waals surface area contributed by atoms with Crippen LogP contribution in [0.4, 0.5) is 4.79 Å². The summed E-state index contributed by atoms with van der Waals surface area (Å²) >= 11 is 0.939. The van der Waals surface area contributed by atoms with Gasteiger partial charge in [0.2, 0.25) is 0 Å². The minimum Gasteiger partial charge on any atom is -0.497 e. The fourth-order valence-corrected chi connectivity index (χ4v) is 3.33. The highest BCUT2D eigenvalue weighted by atomic mass is 32.2. The molecule has 0 spiro atoms. The van der Waals surface area contributed by atoms with Crippen LogP contribution in [0.15, 0.2) is 45.7 Å². The summed E-state index contributed by atoms with van der Waals surface area (Å²) in [6.45, 7) is 1.01. The number of rotatable bonds is 6. The van der Waals surface area contributed by atoms with Gasteiger partial charge in [-0.15, -0.1) is 0 Å². The Hall–Kier alpha value is -2.51. The fraction of sp³-hybridized carbons (Fsp3) is 0.263. The lowest BCUT2D eigenvalue weighted by atomic mass is 10.2. The van der Waals surface area contributed by atoms with Gasteiger partial charge in [-0.05, 0) is 50.1 Å². The second-order valence-corrected chi connectivity index (χ2v) is 7.06. The highest BCUT2D eigenvalue weighted by molar-refractivity contribution is 8.18. The van der Waals surface area contributed by atoms with Crippen molar-refractivity contribution in [2.75, 3.05) is 34.3 Å². The van der Waals surface area contributed by atoms with Crippen LogP contribution in [0.1, 0.15) is 5.76 Å². The largest absolute Gasteiger partial charge is 0.497 e. The lowest BCUT2D eigenvalue weighted by Gasteiger charge is -2.15. The highest BCUT2D eigenvalue weighted by Crippen LogP contribution is 2.33. The van der Waals surface area contributed by atoms with Crippen LogP contribution in [-0.2, 0) is 4.79 Å². The maximum atomic E-state index is 12.4. The summed E-state index contributed by atoms with van der Waals surface area (Å²) in [6.07, 6.45) is 1.62. The molecule has 1 aromatic carbocycles. The van der Waals surface area contributed by atoms with E-state index in [-0.39, 0.29) is 11.1 Å². The SMILES string of the molecule is COc1cccc(-c2ccc(/C=C3\SC(=O)N(CCN(C)C)C3=O)o2)c1. The number of benzene rings is 1. The Morgan fingerprint density at radius 2 is 2.04 bits per heavy atom. The molecule has 2 amide bonds. The van der Waals surface area contributed by atoms with Crippen LogP contribution in [0.5, 0.6) is 5.75 Å². The van der Waals surface area contributed by atoms with Gasteiger partial charge in [-0.2, -0.15) is 0 Å². The van der Waals surface area contributed by atoms with Gasteiger partial charge in [0.05, 0.1) is 12.0 Å². The van der Waals surface area contributed by atoms with E-state index in [2.05, 4.69) is 0 Å². The molecule has 3 rings (SSSR count). The molecule has 0 unspecified atom stereocenters. The Morgan fingerprint density at radius 3 is 2.77 bits per heavy atom. The van der Waals surface area contributed by atoms with Crippen LogP contribution < -0.4 is 4.74 Å². The average molecular weight is 372 g/mol. The Kier molecular flexibility index (Phi) is 5.49. The first-order valence-corrected chi connectivity index (χ1v) is 8.94. The molecular formula is C19H20N2O4S. The minimum absolute atomic E-state index is 0.248. The molecule has 2 aromatic rings. The van der Waals surface area contributed by atoms with Crippen molar-refractivity contribution in [3.8, 4) is 17.1 Å². The molecule has 6 nitrogen and oxygen atoms in total. The van der Waals surface area contributed by atoms with Gasteiger partial charge in [0, 0.05) is 24.7 Å². The van der Waals surface area contributed by atoms with E-state index < -0.39 is 0 Å². The predicted molar refractivity (Wildman–Crippen MR) is 102 cm³/mol. The molecule has 0 N–H and O–H groups in total. The van der Waals surface area contributed by atoms with Crippen molar-refractivity contribution in [3.05, 3.63) is 47.1 Å². The summed E-state index contributed by atoms with van der Waals surface area (Å²) in [4.78, 5) is 28.1. The second kappa shape index (κ2) is 7.80. The van der Waals surface area contributed by atoms with Gasteiger partial charge in [-0.1, -0.05) is 12.1 Å². The van der Waals surface area contributed by atoms with E-state index in [1.54, 1.807) is 19.3 Å². The predicted octanol–water partition coefficient (Wildman–Crippen LogP) is 3.55. The van der Waals surface area contributed by atoms with Crippen molar-refractivity contribution in [2.45, 2.75) is 0 Å². The summed E-state index contributed by atoms with van der Waals surface area (Å²) in [5.41, 5.74) is 0.878. The number of hydrogen-bond donors (Lipinski definition) is 0. The molecule has 0 aliphatic carbocycles. The average Bonchev–Trinajstić information content (AvgIpc) is 3.19. The number of likely N-dealkylation sites (N-methyl/N-ethyl adjacent to an activating group) is 1. The molecule has 1 saturated heterocycles. The first-order chi connectivity index (χ1) is 12.5. The van der Waals surface area contributed by atoms with Crippen molar-refractivity contribution in [3.63, 3.8) is 0 Å². The number of nitrogens with zero attached hydrogens (tertiary/aromatic N) is 2. The topological polar surface area (TPSA) is 63.0 Å². The third-order valence-corrected chi connectivity index (χ3v) is 4.81. The van der Waals surface area contributed by atoms with Gasteiger partial charge in [-0.25, -0.2) is 0 Å². The summed E-state index contributed by atoms with van der Waals surface area (Å²) in [5, 5.41) is -0.248. The quantitative estimate of drug-likeness (QED) is 0.723. The summed E-state index contributed by atoms with van der Waals surface area (Å²) in [5.74, 6) is 1.66. The molecular weight excluding hydrogens is 352 g/mol. The number of methoxy groups -OCH3 is 1. The molecule has 0 radical (unpaired) electrons. The molecule has 26 heavy (non-hydrogen) atoms. The van der Waals surface area contributed by atoms with Gasteiger partial charge in [0.25, 0.3) is 11.1 Å². The van der Waals surface area contributed by atoms with E-state index in [0.717, 1.165) is 23.1 Å². The van der Waals surface area contributed by atoms with Crippen LogP contribution in [0.25, 0.3) is 17.4 Å². The monoisotopic (exact) mass is 372 g/mol. The lowest BCUT2D eigenvalue weighted by Crippen LogP contribution is -2.34. The van der Waals surface area contributed by atoms with Gasteiger partial charge in [0.1, 0.15) is 17.3 Å². The van der Waals surface area contributed by atoms with Crippen molar-refractivity contribution < 1.29 is 18.7 Å². The van der Waals surface area contributed by atoms with Crippen LogP contribution in [-0.4, -0.2) is 55.2 Å². The standard InChI is InChI=1S/C19H20N2O4S/c1-20(2)9-10-21-18(22)17(26-19(21)23)12-15-7-8-16(25-15)13-5-4-6-14(11-13)24-3/h4-8,11-12H,9-10H2,1-3H3/b17-12-. The molecule has 1 fully saturated rings. The summed E-state index contributed by atoms with van der Waals surface area (Å²) < 4.78 is 11.0. The van der Waals surface area contributed by atoms with E-state index in [1.165, 1.54) is 4.90 Å². The molecule has 2 heterocycles. The number of hydrogen-bond acceptors (Lipinski definition) is 6. The van der Waals surface area contributed by atoms with Crippen LogP contribution in [0.2, 0.25) is 0 Å². The van der Waals surface area contributed by atoms with Crippen LogP contribution in [0, 0.1) is 0 Å². The molecule has 0 saturated carbocycles. The number of thioether (sulfide) groups is 1. The number of carbonyl (C=O) groups is 2. The second-order valence-electron chi connectivity index (χ2n) is 6.07. The van der Waals surface area contributed by atoms with E-state index >= 15 is 0 Å². The Morgan fingerprint density at radius 1 is 1.23 bits per heavy atom. The number of furan rings is 1.